The van der Waals surface area contributed by atoms with Gasteiger partial charge in [-0.25, -0.2) is 14.6 Å². The number of ether oxygens (including phenoxy) is 1. The van der Waals surface area contributed by atoms with Gasteiger partial charge in [0.25, 0.3) is 5.91 Å². The molecule has 0 aliphatic heterocycles. The second-order valence-corrected chi connectivity index (χ2v) is 7.36. The lowest BCUT2D eigenvalue weighted by atomic mass is 10.2. The van der Waals surface area contributed by atoms with E-state index in [1.807, 2.05) is 25.1 Å². The largest absolute Gasteiger partial charge is 0.462 e. The first-order valence-corrected chi connectivity index (χ1v) is 10.6. The van der Waals surface area contributed by atoms with Crippen molar-refractivity contribution in [2.24, 2.45) is 0 Å². The topological polar surface area (TPSA) is 109 Å². The Morgan fingerprint density at radius 1 is 0.935 bits per heavy atom. The maximum atomic E-state index is 12.4. The minimum atomic E-state index is -0.450. The highest BCUT2D eigenvalue weighted by molar-refractivity contribution is 7.14. The maximum absolute atomic E-state index is 12.4. The second-order valence-electron chi connectivity index (χ2n) is 6.50. The van der Waals surface area contributed by atoms with Crippen LogP contribution in [-0.2, 0) is 4.74 Å². The van der Waals surface area contributed by atoms with E-state index in [0.29, 0.717) is 28.7 Å². The number of nitrogens with zero attached hydrogens (tertiary/aromatic N) is 1. The molecule has 1 aromatic heterocycles. The summed E-state index contributed by atoms with van der Waals surface area (Å²) in [7, 11) is 0. The summed E-state index contributed by atoms with van der Waals surface area (Å²) >= 11 is 1.14. The van der Waals surface area contributed by atoms with Crippen LogP contribution in [0.5, 0.6) is 0 Å². The molecule has 8 nitrogen and oxygen atoms in total. The van der Waals surface area contributed by atoms with Crippen molar-refractivity contribution in [2.75, 3.05) is 22.6 Å². The second kappa shape index (κ2) is 10.9. The summed E-state index contributed by atoms with van der Waals surface area (Å²) in [6.07, 6.45) is 1.77. The van der Waals surface area contributed by atoms with E-state index in [1.165, 1.54) is 0 Å². The molecule has 0 saturated carbocycles. The van der Waals surface area contributed by atoms with Gasteiger partial charge in [0.15, 0.2) is 5.13 Å². The number of carbonyl (C=O) groups is 3. The number of amides is 3. The fourth-order valence-electron chi connectivity index (χ4n) is 2.49. The van der Waals surface area contributed by atoms with Crippen molar-refractivity contribution in [1.29, 1.82) is 0 Å². The smallest absolute Gasteiger partial charge is 0.338 e. The Kier molecular flexibility index (Phi) is 7.72. The molecule has 0 aliphatic carbocycles. The Hall–Kier alpha value is -3.72. The predicted molar refractivity (Wildman–Crippen MR) is 121 cm³/mol. The van der Waals surface area contributed by atoms with Gasteiger partial charge in [-0.05, 0) is 42.8 Å². The van der Waals surface area contributed by atoms with E-state index in [1.54, 1.807) is 41.8 Å². The maximum Gasteiger partial charge on any atom is 0.338 e. The molecule has 0 atom stereocenters. The van der Waals surface area contributed by atoms with Crippen molar-refractivity contribution in [2.45, 2.75) is 19.8 Å². The fraction of sp³-hybridized carbons (Fsp3) is 0.182. The lowest BCUT2D eigenvalue weighted by molar-refractivity contribution is 0.0499. The number of hydrogen-bond acceptors (Lipinski definition) is 6. The zero-order valence-corrected chi connectivity index (χ0v) is 17.7. The fourth-order valence-corrected chi connectivity index (χ4v) is 3.18. The molecule has 3 rings (SSSR count). The molecule has 0 saturated heterocycles. The highest BCUT2D eigenvalue weighted by Gasteiger charge is 2.14. The molecule has 1 heterocycles. The minimum Gasteiger partial charge on any atom is -0.462 e. The number of anilines is 3. The van der Waals surface area contributed by atoms with Crippen LogP contribution in [0.2, 0.25) is 0 Å². The Morgan fingerprint density at radius 2 is 1.65 bits per heavy atom. The third kappa shape index (κ3) is 6.65. The number of benzene rings is 2. The van der Waals surface area contributed by atoms with E-state index in [0.717, 1.165) is 24.2 Å². The third-order valence-corrected chi connectivity index (χ3v) is 4.86. The van der Waals surface area contributed by atoms with Gasteiger partial charge < -0.3 is 15.4 Å². The van der Waals surface area contributed by atoms with E-state index in [2.05, 4.69) is 20.9 Å². The molecule has 2 aromatic carbocycles. The van der Waals surface area contributed by atoms with Crippen LogP contribution in [0.15, 0.2) is 60.0 Å². The van der Waals surface area contributed by atoms with Crippen LogP contribution in [0.25, 0.3) is 0 Å². The lowest BCUT2D eigenvalue weighted by Crippen LogP contribution is -2.19. The lowest BCUT2D eigenvalue weighted by Gasteiger charge is -2.06. The van der Waals surface area contributed by atoms with Gasteiger partial charge in [0.1, 0.15) is 5.69 Å². The summed E-state index contributed by atoms with van der Waals surface area (Å²) in [4.78, 5) is 40.5. The SMILES string of the molecule is CCCCOC(=O)c1ccc(NC(=O)c2csc(NC(=O)Nc3ccccc3)n2)cc1. The first-order valence-electron chi connectivity index (χ1n) is 9.72. The summed E-state index contributed by atoms with van der Waals surface area (Å²) in [5, 5.41) is 9.83. The van der Waals surface area contributed by atoms with E-state index < -0.39 is 17.9 Å². The molecule has 3 N–H and O–H groups in total. The number of esters is 1. The molecule has 0 radical (unpaired) electrons. The minimum absolute atomic E-state index is 0.170. The summed E-state index contributed by atoms with van der Waals surface area (Å²) in [6, 6.07) is 15.0. The molecule has 3 aromatic rings. The monoisotopic (exact) mass is 438 g/mol. The van der Waals surface area contributed by atoms with Crippen molar-refractivity contribution in [3.63, 3.8) is 0 Å². The number of thiazole rings is 1. The molecule has 9 heteroatoms. The van der Waals surface area contributed by atoms with Gasteiger partial charge in [-0.1, -0.05) is 31.5 Å². The summed E-state index contributed by atoms with van der Waals surface area (Å²) in [6.45, 7) is 2.41. The van der Waals surface area contributed by atoms with Crippen molar-refractivity contribution < 1.29 is 19.1 Å². The number of carbonyl (C=O) groups excluding carboxylic acids is 3. The zero-order chi connectivity index (χ0) is 22.1. The number of urea groups is 1. The number of aromatic nitrogens is 1. The van der Waals surface area contributed by atoms with E-state index in [9.17, 15) is 14.4 Å². The highest BCUT2D eigenvalue weighted by Crippen LogP contribution is 2.18. The summed E-state index contributed by atoms with van der Waals surface area (Å²) in [5.74, 6) is -0.818. The molecule has 3 amide bonds. The molecule has 0 fully saturated rings. The van der Waals surface area contributed by atoms with Crippen LogP contribution in [0.1, 0.15) is 40.6 Å². The number of hydrogen-bond donors (Lipinski definition) is 3. The predicted octanol–water partition coefficient (Wildman–Crippen LogP) is 5.00. The van der Waals surface area contributed by atoms with E-state index >= 15 is 0 Å². The van der Waals surface area contributed by atoms with Gasteiger partial charge in [0.05, 0.1) is 12.2 Å². The van der Waals surface area contributed by atoms with Crippen LogP contribution >= 0.6 is 11.3 Å². The van der Waals surface area contributed by atoms with Crippen LogP contribution in [0.4, 0.5) is 21.3 Å². The molecular weight excluding hydrogens is 416 g/mol. The Morgan fingerprint density at radius 3 is 2.35 bits per heavy atom. The van der Waals surface area contributed by atoms with Gasteiger partial charge in [-0.15, -0.1) is 11.3 Å². The Labute approximate surface area is 183 Å². The average Bonchev–Trinajstić information content (AvgIpc) is 3.23. The Bertz CT molecular complexity index is 1040. The summed E-state index contributed by atoms with van der Waals surface area (Å²) in [5.41, 5.74) is 1.74. The number of unbranched alkanes of at least 4 members (excludes halogenated alkanes) is 1. The normalized spacial score (nSPS) is 10.2. The van der Waals surface area contributed by atoms with Crippen molar-refractivity contribution in [3.05, 3.63) is 71.2 Å². The standard InChI is InChI=1S/C22H22N4O4S/c1-2-3-13-30-20(28)15-9-11-17(12-10-15)23-19(27)18-14-31-22(25-18)26-21(29)24-16-7-5-4-6-8-16/h4-12,14H,2-3,13H2,1H3,(H,23,27)(H2,24,25,26,29). The first kappa shape index (κ1) is 22.0. The zero-order valence-electron chi connectivity index (χ0n) is 16.9. The average molecular weight is 439 g/mol. The number of rotatable bonds is 8. The molecule has 0 unspecified atom stereocenters. The molecule has 0 bridgehead atoms. The van der Waals surface area contributed by atoms with Crippen LogP contribution in [0.3, 0.4) is 0 Å². The molecule has 160 valence electrons. The number of para-hydroxylation sites is 1. The van der Waals surface area contributed by atoms with Gasteiger partial charge in [-0.2, -0.15) is 0 Å². The molecule has 0 aliphatic rings. The van der Waals surface area contributed by atoms with E-state index in [-0.39, 0.29) is 5.69 Å². The molecular formula is C22H22N4O4S. The van der Waals surface area contributed by atoms with Crippen LogP contribution < -0.4 is 16.0 Å². The number of nitrogens with one attached hydrogen (secondary N) is 3. The first-order chi connectivity index (χ1) is 15.0. The third-order valence-electron chi connectivity index (χ3n) is 4.10. The molecule has 0 spiro atoms. The van der Waals surface area contributed by atoms with Gasteiger partial charge in [-0.3, -0.25) is 10.1 Å². The quantitative estimate of drug-likeness (QED) is 0.339. The van der Waals surface area contributed by atoms with Crippen LogP contribution in [0, 0.1) is 0 Å². The van der Waals surface area contributed by atoms with Crippen molar-refractivity contribution in [3.8, 4) is 0 Å². The summed E-state index contributed by atoms with van der Waals surface area (Å²) < 4.78 is 5.16. The highest BCUT2D eigenvalue weighted by atomic mass is 32.1. The Balaban J connectivity index is 1.52. The van der Waals surface area contributed by atoms with Gasteiger partial charge >= 0.3 is 12.0 Å². The molecule has 31 heavy (non-hydrogen) atoms. The van der Waals surface area contributed by atoms with Gasteiger partial charge in [0.2, 0.25) is 0 Å². The van der Waals surface area contributed by atoms with Gasteiger partial charge in [0, 0.05) is 16.8 Å². The van der Waals surface area contributed by atoms with Crippen molar-refractivity contribution >= 4 is 45.8 Å². The van der Waals surface area contributed by atoms with Crippen molar-refractivity contribution in [1.82, 2.24) is 4.98 Å². The van der Waals surface area contributed by atoms with Crippen LogP contribution in [-0.4, -0.2) is 29.5 Å². The van der Waals surface area contributed by atoms with E-state index in [4.69, 9.17) is 4.74 Å².